The molecule has 0 aliphatic carbocycles. The maximum Gasteiger partial charge on any atom is 0.165 e. The zero-order valence-corrected chi connectivity index (χ0v) is 12.1. The summed E-state index contributed by atoms with van der Waals surface area (Å²) < 4.78 is 10.9. The van der Waals surface area contributed by atoms with E-state index in [2.05, 4.69) is 16.3 Å². The van der Waals surface area contributed by atoms with E-state index in [1.54, 1.807) is 14.2 Å². The number of methoxy groups -OCH3 is 2. The molecule has 1 saturated heterocycles. The molecule has 2 rings (SSSR count). The van der Waals surface area contributed by atoms with Gasteiger partial charge in [-0.3, -0.25) is 4.90 Å². The Bertz CT molecular complexity index is 478. The van der Waals surface area contributed by atoms with E-state index >= 15 is 0 Å². The molecule has 1 N–H and O–H groups in total. The van der Waals surface area contributed by atoms with Crippen LogP contribution in [-0.2, 0) is 0 Å². The zero-order chi connectivity index (χ0) is 14.4. The second-order valence-electron chi connectivity index (χ2n) is 4.75. The van der Waals surface area contributed by atoms with Crippen LogP contribution in [0, 0.1) is 11.3 Å². The van der Waals surface area contributed by atoms with Gasteiger partial charge in [-0.05, 0) is 6.07 Å². The van der Waals surface area contributed by atoms with E-state index in [1.165, 1.54) is 0 Å². The first-order valence-electron chi connectivity index (χ1n) is 6.84. The van der Waals surface area contributed by atoms with E-state index in [4.69, 9.17) is 14.7 Å². The van der Waals surface area contributed by atoms with Gasteiger partial charge in [0.1, 0.15) is 0 Å². The third kappa shape index (κ3) is 3.03. The van der Waals surface area contributed by atoms with E-state index < -0.39 is 0 Å². The van der Waals surface area contributed by atoms with Gasteiger partial charge in [-0.25, -0.2) is 0 Å². The van der Waals surface area contributed by atoms with Gasteiger partial charge in [-0.2, -0.15) is 5.26 Å². The van der Waals surface area contributed by atoms with Crippen molar-refractivity contribution in [1.29, 1.82) is 5.26 Å². The summed E-state index contributed by atoms with van der Waals surface area (Å²) in [6.07, 6.45) is 0.448. The van der Waals surface area contributed by atoms with Crippen LogP contribution in [0.5, 0.6) is 11.5 Å². The molecule has 1 aromatic carbocycles. The van der Waals surface area contributed by atoms with Gasteiger partial charge in [0.15, 0.2) is 11.5 Å². The molecule has 5 heteroatoms. The van der Waals surface area contributed by atoms with Crippen molar-refractivity contribution in [2.45, 2.75) is 12.5 Å². The molecule has 0 aromatic heterocycles. The van der Waals surface area contributed by atoms with Gasteiger partial charge < -0.3 is 14.8 Å². The van der Waals surface area contributed by atoms with Crippen molar-refractivity contribution >= 4 is 0 Å². The molecule has 0 unspecified atom stereocenters. The number of nitrogens with one attached hydrogen (secondary N) is 1. The molecule has 0 spiro atoms. The molecule has 1 heterocycles. The van der Waals surface area contributed by atoms with Crippen molar-refractivity contribution in [3.05, 3.63) is 23.8 Å². The highest BCUT2D eigenvalue weighted by Gasteiger charge is 2.26. The fourth-order valence-electron chi connectivity index (χ4n) is 2.69. The summed E-state index contributed by atoms with van der Waals surface area (Å²) in [5.74, 6) is 1.44. The molecule has 1 fully saturated rings. The summed E-state index contributed by atoms with van der Waals surface area (Å²) >= 11 is 0. The van der Waals surface area contributed by atoms with E-state index in [1.807, 2.05) is 18.2 Å². The quantitative estimate of drug-likeness (QED) is 0.884. The third-order valence-electron chi connectivity index (χ3n) is 3.67. The van der Waals surface area contributed by atoms with Crippen LogP contribution in [0.2, 0.25) is 0 Å². The summed E-state index contributed by atoms with van der Waals surface area (Å²) in [4.78, 5) is 2.33. The first-order chi connectivity index (χ1) is 9.81. The average Bonchev–Trinajstić information content (AvgIpc) is 2.52. The zero-order valence-electron chi connectivity index (χ0n) is 12.1. The minimum absolute atomic E-state index is 0.0483. The summed E-state index contributed by atoms with van der Waals surface area (Å²) in [6, 6.07) is 8.19. The van der Waals surface area contributed by atoms with Crippen LogP contribution in [0.1, 0.15) is 18.0 Å². The van der Waals surface area contributed by atoms with Gasteiger partial charge in [-0.1, -0.05) is 12.1 Å². The maximum absolute atomic E-state index is 9.15. The first-order valence-corrected chi connectivity index (χ1v) is 6.84. The fraction of sp³-hybridized carbons (Fsp3) is 0.533. The Morgan fingerprint density at radius 2 is 2.05 bits per heavy atom. The minimum Gasteiger partial charge on any atom is -0.493 e. The van der Waals surface area contributed by atoms with Crippen molar-refractivity contribution in [2.75, 3.05) is 40.4 Å². The Balaban J connectivity index is 2.35. The highest BCUT2D eigenvalue weighted by Crippen LogP contribution is 2.38. The smallest absolute Gasteiger partial charge is 0.165 e. The number of rotatable bonds is 5. The molecule has 1 aliphatic heterocycles. The Labute approximate surface area is 120 Å². The highest BCUT2D eigenvalue weighted by molar-refractivity contribution is 5.48. The van der Waals surface area contributed by atoms with E-state index in [0.717, 1.165) is 37.5 Å². The van der Waals surface area contributed by atoms with Gasteiger partial charge in [0.2, 0.25) is 0 Å². The summed E-state index contributed by atoms with van der Waals surface area (Å²) in [5.41, 5.74) is 1.02. The van der Waals surface area contributed by atoms with Crippen molar-refractivity contribution in [3.8, 4) is 17.6 Å². The summed E-state index contributed by atoms with van der Waals surface area (Å²) in [7, 11) is 3.27. The predicted octanol–water partition coefficient (Wildman–Crippen LogP) is 1.56. The number of benzene rings is 1. The van der Waals surface area contributed by atoms with Gasteiger partial charge in [0.05, 0.1) is 32.8 Å². The van der Waals surface area contributed by atoms with Crippen molar-refractivity contribution in [3.63, 3.8) is 0 Å². The highest BCUT2D eigenvalue weighted by atomic mass is 16.5. The lowest BCUT2D eigenvalue weighted by Crippen LogP contribution is -2.45. The summed E-state index contributed by atoms with van der Waals surface area (Å²) in [5, 5.41) is 12.5. The molecule has 0 amide bonds. The minimum atomic E-state index is 0.0483. The monoisotopic (exact) mass is 275 g/mol. The number of hydrogen-bond donors (Lipinski definition) is 1. The Kier molecular flexibility index (Phi) is 5.22. The standard InChI is InChI=1S/C15H21N3O2/c1-19-14-5-3-4-12(15(14)20-2)13(6-7-16)18-10-8-17-9-11-18/h3-5,13,17H,6,8-11H2,1-2H3/t13-/m1/s1. The number of hydrogen-bond acceptors (Lipinski definition) is 5. The normalized spacial score (nSPS) is 17.2. The molecule has 108 valence electrons. The number of nitrogens with zero attached hydrogens (tertiary/aromatic N) is 2. The van der Waals surface area contributed by atoms with E-state index in [-0.39, 0.29) is 6.04 Å². The maximum atomic E-state index is 9.15. The molecular formula is C15H21N3O2. The molecule has 1 atom stereocenters. The number of piperazine rings is 1. The first kappa shape index (κ1) is 14.6. The largest absolute Gasteiger partial charge is 0.493 e. The molecule has 5 nitrogen and oxygen atoms in total. The number of ether oxygens (including phenoxy) is 2. The van der Waals surface area contributed by atoms with Crippen LogP contribution in [0.15, 0.2) is 18.2 Å². The molecule has 0 saturated carbocycles. The third-order valence-corrected chi connectivity index (χ3v) is 3.67. The van der Waals surface area contributed by atoms with Gasteiger partial charge in [0.25, 0.3) is 0 Å². The van der Waals surface area contributed by atoms with E-state index in [9.17, 15) is 0 Å². The van der Waals surface area contributed by atoms with Gasteiger partial charge in [-0.15, -0.1) is 0 Å². The molecular weight excluding hydrogens is 254 g/mol. The lowest BCUT2D eigenvalue weighted by atomic mass is 10.00. The van der Waals surface area contributed by atoms with Crippen LogP contribution in [0.25, 0.3) is 0 Å². The lowest BCUT2D eigenvalue weighted by Gasteiger charge is -2.34. The topological polar surface area (TPSA) is 57.5 Å². The Hall–Kier alpha value is -1.77. The average molecular weight is 275 g/mol. The SMILES string of the molecule is COc1cccc([C@@H](CC#N)N2CCNCC2)c1OC. The molecule has 0 radical (unpaired) electrons. The molecule has 1 aromatic rings. The van der Waals surface area contributed by atoms with Crippen molar-refractivity contribution < 1.29 is 9.47 Å². The second kappa shape index (κ2) is 7.13. The molecule has 20 heavy (non-hydrogen) atoms. The molecule has 1 aliphatic rings. The number of para-hydroxylation sites is 1. The Morgan fingerprint density at radius 1 is 1.30 bits per heavy atom. The van der Waals surface area contributed by atoms with Gasteiger partial charge in [0, 0.05) is 31.7 Å². The van der Waals surface area contributed by atoms with Gasteiger partial charge >= 0.3 is 0 Å². The fourth-order valence-corrected chi connectivity index (χ4v) is 2.69. The van der Waals surface area contributed by atoms with Crippen molar-refractivity contribution in [1.82, 2.24) is 10.2 Å². The van der Waals surface area contributed by atoms with Crippen LogP contribution in [0.4, 0.5) is 0 Å². The van der Waals surface area contributed by atoms with Crippen LogP contribution in [0.3, 0.4) is 0 Å². The Morgan fingerprint density at radius 3 is 2.65 bits per heavy atom. The second-order valence-corrected chi connectivity index (χ2v) is 4.75. The van der Waals surface area contributed by atoms with Crippen LogP contribution >= 0.6 is 0 Å². The molecule has 0 bridgehead atoms. The van der Waals surface area contributed by atoms with E-state index in [0.29, 0.717) is 12.2 Å². The summed E-state index contributed by atoms with van der Waals surface area (Å²) in [6.45, 7) is 3.78. The lowest BCUT2D eigenvalue weighted by molar-refractivity contribution is 0.172. The predicted molar refractivity (Wildman–Crippen MR) is 77.0 cm³/mol. The van der Waals surface area contributed by atoms with Crippen molar-refractivity contribution in [2.24, 2.45) is 0 Å². The van der Waals surface area contributed by atoms with Crippen LogP contribution in [-0.4, -0.2) is 45.3 Å². The number of nitriles is 1. The van der Waals surface area contributed by atoms with Crippen LogP contribution < -0.4 is 14.8 Å².